The fraction of sp³-hybridized carbons (Fsp3) is 0.824. The van der Waals surface area contributed by atoms with Crippen molar-refractivity contribution in [3.63, 3.8) is 0 Å². The van der Waals surface area contributed by atoms with Crippen LogP contribution in [-0.2, 0) is 28.6 Å². The van der Waals surface area contributed by atoms with Gasteiger partial charge >= 0.3 is 11.9 Å². The largest absolute Gasteiger partial charge is 0.463 e. The standard InChI is InChI=1S/C17H30O7/c1-6-12(2)16(21)23-11-13(3)24-17(4,5)14(19)7-8-15(20)22-10-9-18/h12-13,18H,6-11H2,1-5H3. The van der Waals surface area contributed by atoms with Crippen molar-refractivity contribution in [2.75, 3.05) is 19.8 Å². The fourth-order valence-corrected chi connectivity index (χ4v) is 1.86. The van der Waals surface area contributed by atoms with E-state index in [0.717, 1.165) is 0 Å². The van der Waals surface area contributed by atoms with Crippen LogP contribution in [0.2, 0.25) is 0 Å². The van der Waals surface area contributed by atoms with Crippen molar-refractivity contribution >= 4 is 17.7 Å². The van der Waals surface area contributed by atoms with Crippen molar-refractivity contribution in [2.45, 2.75) is 65.6 Å². The number of hydrogen-bond donors (Lipinski definition) is 1. The molecule has 0 heterocycles. The minimum absolute atomic E-state index is 0.0172. The molecule has 0 radical (unpaired) electrons. The molecular formula is C17H30O7. The molecule has 2 atom stereocenters. The number of aliphatic hydroxyl groups excluding tert-OH is 1. The summed E-state index contributed by atoms with van der Waals surface area (Å²) in [6.45, 7) is 8.37. The van der Waals surface area contributed by atoms with E-state index in [9.17, 15) is 14.4 Å². The number of aliphatic hydroxyl groups is 1. The van der Waals surface area contributed by atoms with E-state index < -0.39 is 17.7 Å². The second kappa shape index (κ2) is 11.1. The third-order valence-electron chi connectivity index (χ3n) is 3.55. The molecule has 0 aliphatic rings. The second-order valence-corrected chi connectivity index (χ2v) is 6.25. The second-order valence-electron chi connectivity index (χ2n) is 6.25. The first kappa shape index (κ1) is 22.5. The third-order valence-corrected chi connectivity index (χ3v) is 3.55. The Morgan fingerprint density at radius 3 is 2.25 bits per heavy atom. The van der Waals surface area contributed by atoms with Crippen LogP contribution in [0.25, 0.3) is 0 Å². The van der Waals surface area contributed by atoms with Crippen LogP contribution >= 0.6 is 0 Å². The summed E-state index contributed by atoms with van der Waals surface area (Å²) in [6, 6.07) is 0. The lowest BCUT2D eigenvalue weighted by Crippen LogP contribution is -2.40. The van der Waals surface area contributed by atoms with E-state index in [2.05, 4.69) is 0 Å². The van der Waals surface area contributed by atoms with Crippen LogP contribution in [-0.4, -0.2) is 54.4 Å². The smallest absolute Gasteiger partial charge is 0.308 e. The summed E-state index contributed by atoms with van der Waals surface area (Å²) in [5.74, 6) is -1.24. The molecule has 0 aliphatic carbocycles. The Kier molecular flexibility index (Phi) is 10.5. The molecule has 0 bridgehead atoms. The fourth-order valence-electron chi connectivity index (χ4n) is 1.86. The zero-order valence-electron chi connectivity index (χ0n) is 15.3. The van der Waals surface area contributed by atoms with Gasteiger partial charge in [-0.15, -0.1) is 0 Å². The Morgan fingerprint density at radius 1 is 1.08 bits per heavy atom. The van der Waals surface area contributed by atoms with Gasteiger partial charge in [0.2, 0.25) is 0 Å². The van der Waals surface area contributed by atoms with Gasteiger partial charge in [0.05, 0.1) is 25.0 Å². The van der Waals surface area contributed by atoms with Crippen molar-refractivity contribution in [1.29, 1.82) is 0 Å². The van der Waals surface area contributed by atoms with Crippen molar-refractivity contribution < 1.29 is 33.7 Å². The van der Waals surface area contributed by atoms with Crippen molar-refractivity contribution in [1.82, 2.24) is 0 Å². The molecule has 140 valence electrons. The van der Waals surface area contributed by atoms with Gasteiger partial charge in [0.1, 0.15) is 18.8 Å². The number of carbonyl (C=O) groups is 3. The molecule has 0 aromatic rings. The quantitative estimate of drug-likeness (QED) is 0.536. The molecule has 0 aromatic carbocycles. The first-order valence-electron chi connectivity index (χ1n) is 8.28. The number of esters is 2. The van der Waals surface area contributed by atoms with Crippen molar-refractivity contribution in [3.8, 4) is 0 Å². The van der Waals surface area contributed by atoms with E-state index in [1.165, 1.54) is 0 Å². The predicted octanol–water partition coefficient (Wildman–Crippen LogP) is 1.64. The van der Waals surface area contributed by atoms with Crippen LogP contribution < -0.4 is 0 Å². The third kappa shape index (κ3) is 8.98. The molecule has 0 aliphatic heterocycles. The lowest BCUT2D eigenvalue weighted by atomic mass is 9.99. The summed E-state index contributed by atoms with van der Waals surface area (Å²) in [7, 11) is 0. The first-order valence-corrected chi connectivity index (χ1v) is 8.28. The maximum atomic E-state index is 12.2. The van der Waals surface area contributed by atoms with Crippen LogP contribution in [0.5, 0.6) is 0 Å². The molecular weight excluding hydrogens is 316 g/mol. The highest BCUT2D eigenvalue weighted by Gasteiger charge is 2.31. The average Bonchev–Trinajstić information content (AvgIpc) is 2.54. The van der Waals surface area contributed by atoms with E-state index in [4.69, 9.17) is 19.3 Å². The predicted molar refractivity (Wildman–Crippen MR) is 87.3 cm³/mol. The number of rotatable bonds is 12. The molecule has 0 saturated carbocycles. The Bertz CT molecular complexity index is 417. The Labute approximate surface area is 143 Å². The highest BCUT2D eigenvalue weighted by atomic mass is 16.6. The van der Waals surface area contributed by atoms with E-state index >= 15 is 0 Å². The van der Waals surface area contributed by atoms with Gasteiger partial charge in [-0.1, -0.05) is 13.8 Å². The van der Waals surface area contributed by atoms with Gasteiger partial charge in [-0.3, -0.25) is 14.4 Å². The monoisotopic (exact) mass is 346 g/mol. The van der Waals surface area contributed by atoms with E-state index in [1.54, 1.807) is 27.7 Å². The zero-order chi connectivity index (χ0) is 18.8. The zero-order valence-corrected chi connectivity index (χ0v) is 15.3. The van der Waals surface area contributed by atoms with Gasteiger partial charge in [-0.05, 0) is 27.2 Å². The van der Waals surface area contributed by atoms with E-state index in [1.807, 2.05) is 6.92 Å². The molecule has 0 spiro atoms. The molecule has 0 saturated heterocycles. The lowest BCUT2D eigenvalue weighted by molar-refractivity contribution is -0.162. The number of ketones is 1. The number of Topliss-reactive ketones (excluding diaryl/α,β-unsaturated/α-hetero) is 1. The molecule has 0 rings (SSSR count). The van der Waals surface area contributed by atoms with Crippen molar-refractivity contribution in [2.24, 2.45) is 5.92 Å². The lowest BCUT2D eigenvalue weighted by Gasteiger charge is -2.28. The van der Waals surface area contributed by atoms with Crippen LogP contribution in [0.1, 0.15) is 53.9 Å². The Balaban J connectivity index is 4.27. The summed E-state index contributed by atoms with van der Waals surface area (Å²) in [4.78, 5) is 35.2. The van der Waals surface area contributed by atoms with Gasteiger partial charge in [0, 0.05) is 6.42 Å². The van der Waals surface area contributed by atoms with Crippen LogP contribution in [0.3, 0.4) is 0 Å². The number of carbonyl (C=O) groups excluding carboxylic acids is 3. The summed E-state index contributed by atoms with van der Waals surface area (Å²) in [6.07, 6.45) is 0.169. The molecule has 7 heteroatoms. The van der Waals surface area contributed by atoms with Crippen LogP contribution in [0, 0.1) is 5.92 Å². The van der Waals surface area contributed by atoms with Crippen LogP contribution in [0.15, 0.2) is 0 Å². The molecule has 0 aromatic heterocycles. The maximum absolute atomic E-state index is 12.2. The van der Waals surface area contributed by atoms with Gasteiger partial charge in [0.15, 0.2) is 5.78 Å². The molecule has 0 fully saturated rings. The molecule has 1 N–H and O–H groups in total. The topological polar surface area (TPSA) is 99.1 Å². The molecule has 7 nitrogen and oxygen atoms in total. The summed E-state index contributed by atoms with van der Waals surface area (Å²) < 4.78 is 15.5. The Hall–Kier alpha value is -1.47. The number of ether oxygens (including phenoxy) is 3. The summed E-state index contributed by atoms with van der Waals surface area (Å²) in [5, 5.41) is 8.56. The minimum Gasteiger partial charge on any atom is -0.463 e. The van der Waals surface area contributed by atoms with Gasteiger partial charge in [0.25, 0.3) is 0 Å². The van der Waals surface area contributed by atoms with E-state index in [-0.39, 0.29) is 50.3 Å². The SMILES string of the molecule is CCC(C)C(=O)OCC(C)OC(C)(C)C(=O)CCC(=O)OCCO. The molecule has 24 heavy (non-hydrogen) atoms. The maximum Gasteiger partial charge on any atom is 0.308 e. The first-order chi connectivity index (χ1) is 11.1. The minimum atomic E-state index is -1.10. The van der Waals surface area contributed by atoms with Gasteiger partial charge in [-0.2, -0.15) is 0 Å². The molecule has 2 unspecified atom stereocenters. The normalized spacial score (nSPS) is 13.9. The summed E-state index contributed by atoms with van der Waals surface area (Å²) >= 11 is 0. The average molecular weight is 346 g/mol. The highest BCUT2D eigenvalue weighted by molar-refractivity contribution is 5.89. The van der Waals surface area contributed by atoms with E-state index in [0.29, 0.717) is 6.42 Å². The van der Waals surface area contributed by atoms with Crippen molar-refractivity contribution in [3.05, 3.63) is 0 Å². The van der Waals surface area contributed by atoms with Crippen LogP contribution in [0.4, 0.5) is 0 Å². The number of hydrogen-bond acceptors (Lipinski definition) is 7. The van der Waals surface area contributed by atoms with Gasteiger partial charge < -0.3 is 19.3 Å². The Morgan fingerprint density at radius 2 is 1.71 bits per heavy atom. The molecule has 0 amide bonds. The highest BCUT2D eigenvalue weighted by Crippen LogP contribution is 2.17. The van der Waals surface area contributed by atoms with Gasteiger partial charge in [-0.25, -0.2) is 0 Å². The summed E-state index contributed by atoms with van der Waals surface area (Å²) in [5.41, 5.74) is -1.10.